The maximum atomic E-state index is 13.4. The van der Waals surface area contributed by atoms with Crippen LogP contribution < -0.4 is 10.5 Å². The second kappa shape index (κ2) is 14.8. The zero-order chi connectivity index (χ0) is 29.4. The molecule has 2 aliphatic heterocycles. The van der Waals surface area contributed by atoms with Gasteiger partial charge in [0.15, 0.2) is 0 Å². The average Bonchev–Trinajstić information content (AvgIpc) is 3.15. The third kappa shape index (κ3) is 7.95. The number of aromatic nitrogens is 1. The van der Waals surface area contributed by atoms with Gasteiger partial charge < -0.3 is 14.7 Å². The summed E-state index contributed by atoms with van der Waals surface area (Å²) >= 11 is 6.82. The lowest BCUT2D eigenvalue weighted by Crippen LogP contribution is -2.47. The molecule has 40 heavy (non-hydrogen) atoms. The molecule has 0 radical (unpaired) electrons. The molecule has 1 aromatic rings. The van der Waals surface area contributed by atoms with Crippen LogP contribution in [-0.2, 0) is 21.4 Å². The first kappa shape index (κ1) is 31.8. The zero-order valence-electron chi connectivity index (χ0n) is 23.9. The van der Waals surface area contributed by atoms with E-state index in [1.165, 1.54) is 16.3 Å². The highest BCUT2D eigenvalue weighted by Crippen LogP contribution is 2.36. The fourth-order valence-corrected chi connectivity index (χ4v) is 6.67. The molecule has 9 nitrogen and oxygen atoms in total. The number of rotatable bonds is 13. The molecule has 0 bridgehead atoms. The van der Waals surface area contributed by atoms with Gasteiger partial charge in [-0.3, -0.25) is 23.9 Å². The number of unbranched alkanes of at least 4 members (excludes halogenated alkanes) is 7. The Hall–Kier alpha value is -2.68. The van der Waals surface area contributed by atoms with Gasteiger partial charge in [-0.05, 0) is 45.3 Å². The van der Waals surface area contributed by atoms with Crippen molar-refractivity contribution in [2.24, 2.45) is 7.05 Å². The first-order valence-electron chi connectivity index (χ1n) is 14.1. The summed E-state index contributed by atoms with van der Waals surface area (Å²) in [5.74, 6) is -0.199. The third-order valence-corrected chi connectivity index (χ3v) is 8.74. The molecule has 11 heteroatoms. The smallest absolute Gasteiger partial charge is 0.303 e. The predicted octanol–water partition coefficient (Wildman–Crippen LogP) is 4.98. The Kier molecular flexibility index (Phi) is 11.8. The SMILES string of the molecule is Cc1c(C=C2SC(=S)N(CCCCCCCCCCC(=O)O)C2=O)c(N2CC(C)OC(C)C2)n(C)c(=O)c1C#N. The molecular formula is C29H40N4O5S2. The number of nitriles is 1. The molecule has 3 heterocycles. The molecule has 2 unspecified atom stereocenters. The number of morpholine rings is 1. The summed E-state index contributed by atoms with van der Waals surface area (Å²) in [5, 5.41) is 18.4. The summed E-state index contributed by atoms with van der Waals surface area (Å²) < 4.78 is 7.93. The van der Waals surface area contributed by atoms with Gasteiger partial charge in [0.05, 0.1) is 17.1 Å². The molecule has 1 N–H and O–H groups in total. The fraction of sp³-hybridized carbons (Fsp3) is 0.621. The number of ether oxygens (including phenoxy) is 1. The summed E-state index contributed by atoms with van der Waals surface area (Å²) in [7, 11) is 1.67. The Balaban J connectivity index is 1.69. The number of aliphatic carboxylic acids is 1. The third-order valence-electron chi connectivity index (χ3n) is 7.36. The Morgan fingerprint density at radius 2 is 1.68 bits per heavy atom. The van der Waals surface area contributed by atoms with Crippen molar-refractivity contribution in [3.05, 3.63) is 31.9 Å². The Labute approximate surface area is 246 Å². The highest BCUT2D eigenvalue weighted by Gasteiger charge is 2.33. The minimum Gasteiger partial charge on any atom is -0.481 e. The van der Waals surface area contributed by atoms with Crippen LogP contribution in [0.4, 0.5) is 5.82 Å². The molecule has 0 aromatic carbocycles. The number of hydrogen-bond acceptors (Lipinski definition) is 8. The predicted molar refractivity (Wildman–Crippen MR) is 162 cm³/mol. The van der Waals surface area contributed by atoms with Crippen LogP contribution in [-0.4, -0.2) is 62.6 Å². The van der Waals surface area contributed by atoms with E-state index in [2.05, 4.69) is 11.0 Å². The van der Waals surface area contributed by atoms with Crippen molar-refractivity contribution in [2.45, 2.75) is 90.8 Å². The lowest BCUT2D eigenvalue weighted by atomic mass is 10.0. The number of hydrogen-bond donors (Lipinski definition) is 1. The lowest BCUT2D eigenvalue weighted by Gasteiger charge is -2.38. The van der Waals surface area contributed by atoms with Gasteiger partial charge in [-0.25, -0.2) is 0 Å². The normalized spacial score (nSPS) is 20.4. The van der Waals surface area contributed by atoms with Crippen molar-refractivity contribution < 1.29 is 19.4 Å². The van der Waals surface area contributed by atoms with E-state index >= 15 is 0 Å². The summed E-state index contributed by atoms with van der Waals surface area (Å²) in [6.45, 7) is 7.48. The fourth-order valence-electron chi connectivity index (χ4n) is 5.38. The van der Waals surface area contributed by atoms with Crippen LogP contribution in [0.5, 0.6) is 0 Å². The number of carbonyl (C=O) groups excluding carboxylic acids is 1. The van der Waals surface area contributed by atoms with Gasteiger partial charge in [0.25, 0.3) is 11.5 Å². The van der Waals surface area contributed by atoms with Gasteiger partial charge in [0.1, 0.15) is 21.8 Å². The number of carbonyl (C=O) groups is 2. The van der Waals surface area contributed by atoms with Gasteiger partial charge in [-0.2, -0.15) is 5.26 Å². The van der Waals surface area contributed by atoms with Gasteiger partial charge in [-0.1, -0.05) is 62.5 Å². The second-order valence-electron chi connectivity index (χ2n) is 10.7. The Bertz CT molecular complexity index is 1240. The Morgan fingerprint density at radius 1 is 1.10 bits per heavy atom. The number of pyridine rings is 1. The Morgan fingerprint density at radius 3 is 2.25 bits per heavy atom. The van der Waals surface area contributed by atoms with E-state index < -0.39 is 5.97 Å². The first-order valence-corrected chi connectivity index (χ1v) is 15.3. The first-order chi connectivity index (χ1) is 19.0. The van der Waals surface area contributed by atoms with Gasteiger partial charge in [0.2, 0.25) is 0 Å². The topological polar surface area (TPSA) is 116 Å². The zero-order valence-corrected chi connectivity index (χ0v) is 25.5. The number of thioether (sulfide) groups is 1. The van der Waals surface area contributed by atoms with E-state index in [1.54, 1.807) is 24.9 Å². The van der Waals surface area contributed by atoms with E-state index in [1.807, 2.05) is 13.8 Å². The number of amides is 1. The highest BCUT2D eigenvalue weighted by molar-refractivity contribution is 8.26. The van der Waals surface area contributed by atoms with Crippen LogP contribution in [0.1, 0.15) is 88.3 Å². The molecule has 2 fully saturated rings. The van der Waals surface area contributed by atoms with E-state index in [-0.39, 0.29) is 35.7 Å². The van der Waals surface area contributed by atoms with Crippen LogP contribution in [0, 0.1) is 18.3 Å². The van der Waals surface area contributed by atoms with Crippen LogP contribution in [0.2, 0.25) is 0 Å². The summed E-state index contributed by atoms with van der Waals surface area (Å²) in [5.41, 5.74) is 0.959. The monoisotopic (exact) mass is 588 g/mol. The maximum Gasteiger partial charge on any atom is 0.303 e. The molecular weight excluding hydrogens is 548 g/mol. The number of thiocarbonyl (C=S) groups is 1. The molecule has 0 aliphatic carbocycles. The molecule has 2 saturated heterocycles. The van der Waals surface area contributed by atoms with E-state index in [0.717, 1.165) is 51.4 Å². The minimum atomic E-state index is -0.733. The van der Waals surface area contributed by atoms with Crippen molar-refractivity contribution in [1.82, 2.24) is 9.47 Å². The van der Waals surface area contributed by atoms with Gasteiger partial charge in [-0.15, -0.1) is 0 Å². The number of nitrogens with zero attached hydrogens (tertiary/aromatic N) is 4. The van der Waals surface area contributed by atoms with Gasteiger partial charge >= 0.3 is 5.97 Å². The molecule has 2 atom stereocenters. The lowest BCUT2D eigenvalue weighted by molar-refractivity contribution is -0.137. The van der Waals surface area contributed by atoms with E-state index in [9.17, 15) is 19.6 Å². The molecule has 2 aliphatic rings. The molecule has 0 saturated carbocycles. The number of carboxylic acid groups (broad SMARTS) is 1. The van der Waals surface area contributed by atoms with Crippen molar-refractivity contribution in [1.29, 1.82) is 5.26 Å². The summed E-state index contributed by atoms with van der Waals surface area (Å²) in [4.78, 5) is 41.2. The largest absolute Gasteiger partial charge is 0.481 e. The van der Waals surface area contributed by atoms with Crippen molar-refractivity contribution >= 4 is 52.1 Å². The van der Waals surface area contributed by atoms with Crippen molar-refractivity contribution in [3.8, 4) is 6.07 Å². The average molecular weight is 589 g/mol. The quantitative estimate of drug-likeness (QED) is 0.194. The van der Waals surface area contributed by atoms with Gasteiger partial charge in [0, 0.05) is 38.7 Å². The minimum absolute atomic E-state index is 0.0298. The number of anilines is 1. The maximum absolute atomic E-state index is 13.4. The van der Waals surface area contributed by atoms with Crippen LogP contribution in [0.3, 0.4) is 0 Å². The van der Waals surface area contributed by atoms with Crippen LogP contribution in [0.25, 0.3) is 6.08 Å². The van der Waals surface area contributed by atoms with Crippen molar-refractivity contribution in [2.75, 3.05) is 24.5 Å². The standard InChI is InChI=1S/C29H40N4O5S2/c1-19-17-32(18-20(2)38-19)26-22(21(3)23(16-30)27(36)31(26)4)15-24-28(37)33(29(39)40-24)14-12-10-8-6-5-7-9-11-13-25(34)35/h15,19-20H,5-14,17-18H2,1-4H3,(H,34,35). The number of carboxylic acids is 1. The van der Waals surface area contributed by atoms with E-state index in [0.29, 0.717) is 45.8 Å². The van der Waals surface area contributed by atoms with Crippen LogP contribution in [0.15, 0.2) is 9.70 Å². The molecule has 3 rings (SSSR count). The summed E-state index contributed by atoms with van der Waals surface area (Å²) in [6, 6.07) is 2.05. The second-order valence-corrected chi connectivity index (χ2v) is 12.4. The molecule has 0 spiro atoms. The van der Waals surface area contributed by atoms with Crippen molar-refractivity contribution in [3.63, 3.8) is 0 Å². The molecule has 218 valence electrons. The highest BCUT2D eigenvalue weighted by atomic mass is 32.2. The molecule has 1 aromatic heterocycles. The molecule has 1 amide bonds. The summed E-state index contributed by atoms with van der Waals surface area (Å²) in [6.07, 6.45) is 9.81. The van der Waals surface area contributed by atoms with E-state index in [4.69, 9.17) is 22.1 Å². The van der Waals surface area contributed by atoms with Crippen LogP contribution >= 0.6 is 24.0 Å².